The van der Waals surface area contributed by atoms with Crippen LogP contribution in [0, 0.1) is 0 Å². The van der Waals surface area contributed by atoms with Gasteiger partial charge >= 0.3 is 0 Å². The van der Waals surface area contributed by atoms with Crippen LogP contribution in [0.3, 0.4) is 0 Å². The van der Waals surface area contributed by atoms with Gasteiger partial charge in [-0.25, -0.2) is 0 Å². The predicted octanol–water partition coefficient (Wildman–Crippen LogP) is 4.51. The standard InChI is InChI=1S/C20H25N3S/c1-3-24-19-9-4-15(5-10-19)14(2)23(17-6-7-17)18-8-11-20-16(12-18)13-21-22-20/h4-5,9-10,13,17-18H,2-3,6-8,11-12H2,1H3,(H,21,22). The number of aromatic amines is 1. The number of aryl methyl sites for hydroxylation is 1. The molecular formula is C20H25N3S. The fourth-order valence-corrected chi connectivity index (χ4v) is 4.45. The number of nitrogens with one attached hydrogen (secondary N) is 1. The molecule has 1 saturated carbocycles. The lowest BCUT2D eigenvalue weighted by Crippen LogP contribution is -2.39. The Balaban J connectivity index is 1.54. The van der Waals surface area contributed by atoms with E-state index < -0.39 is 0 Å². The number of thioether (sulfide) groups is 1. The van der Waals surface area contributed by atoms with Crippen LogP contribution >= 0.6 is 11.8 Å². The molecule has 1 N–H and O–H groups in total. The summed E-state index contributed by atoms with van der Waals surface area (Å²) in [5.41, 5.74) is 5.18. The third-order valence-corrected chi connectivity index (χ3v) is 6.03. The molecule has 1 heterocycles. The summed E-state index contributed by atoms with van der Waals surface area (Å²) in [6.07, 6.45) is 7.99. The minimum atomic E-state index is 0.555. The molecule has 2 aromatic rings. The number of benzene rings is 1. The molecule has 126 valence electrons. The molecule has 1 aromatic heterocycles. The summed E-state index contributed by atoms with van der Waals surface area (Å²) in [7, 11) is 0. The first-order chi connectivity index (χ1) is 11.8. The summed E-state index contributed by atoms with van der Waals surface area (Å²) >= 11 is 1.89. The Morgan fingerprint density at radius 1 is 1.25 bits per heavy atom. The molecule has 0 aliphatic heterocycles. The van der Waals surface area contributed by atoms with Crippen LogP contribution in [0.2, 0.25) is 0 Å². The highest BCUT2D eigenvalue weighted by molar-refractivity contribution is 7.99. The van der Waals surface area contributed by atoms with Gasteiger partial charge < -0.3 is 4.90 Å². The van der Waals surface area contributed by atoms with Gasteiger partial charge in [-0.2, -0.15) is 5.10 Å². The molecule has 1 fully saturated rings. The molecule has 3 nitrogen and oxygen atoms in total. The molecule has 4 heteroatoms. The summed E-state index contributed by atoms with van der Waals surface area (Å²) in [5, 5.41) is 7.37. The molecule has 2 aliphatic rings. The van der Waals surface area contributed by atoms with Crippen molar-refractivity contribution >= 4 is 17.5 Å². The topological polar surface area (TPSA) is 31.9 Å². The largest absolute Gasteiger partial charge is 0.365 e. The van der Waals surface area contributed by atoms with Crippen molar-refractivity contribution < 1.29 is 0 Å². The molecule has 0 bridgehead atoms. The Morgan fingerprint density at radius 2 is 2.04 bits per heavy atom. The highest BCUT2D eigenvalue weighted by Crippen LogP contribution is 2.38. The minimum Gasteiger partial charge on any atom is -0.365 e. The third-order valence-electron chi connectivity index (χ3n) is 5.13. The van der Waals surface area contributed by atoms with Crippen LogP contribution in [0.1, 0.15) is 43.0 Å². The van der Waals surface area contributed by atoms with E-state index in [9.17, 15) is 0 Å². The molecule has 1 unspecified atom stereocenters. The van der Waals surface area contributed by atoms with Crippen LogP contribution in [0.15, 0.2) is 41.9 Å². The highest BCUT2D eigenvalue weighted by atomic mass is 32.2. The van der Waals surface area contributed by atoms with Crippen LogP contribution < -0.4 is 0 Å². The average Bonchev–Trinajstić information content (AvgIpc) is 3.32. The predicted molar refractivity (Wildman–Crippen MR) is 101 cm³/mol. The first-order valence-corrected chi connectivity index (χ1v) is 9.96. The van der Waals surface area contributed by atoms with E-state index in [2.05, 4.69) is 52.9 Å². The van der Waals surface area contributed by atoms with Crippen molar-refractivity contribution in [2.75, 3.05) is 5.75 Å². The number of rotatable bonds is 6. The van der Waals surface area contributed by atoms with Gasteiger partial charge in [-0.05, 0) is 61.1 Å². The fraction of sp³-hybridized carbons (Fsp3) is 0.450. The maximum absolute atomic E-state index is 4.48. The van der Waals surface area contributed by atoms with E-state index in [1.165, 1.54) is 46.7 Å². The second-order valence-corrected chi connectivity index (χ2v) is 8.15. The van der Waals surface area contributed by atoms with E-state index in [0.29, 0.717) is 12.1 Å². The Labute approximate surface area is 148 Å². The van der Waals surface area contributed by atoms with Gasteiger partial charge in [0.1, 0.15) is 0 Å². The molecule has 0 radical (unpaired) electrons. The fourth-order valence-electron chi connectivity index (χ4n) is 3.79. The van der Waals surface area contributed by atoms with Crippen LogP contribution in [-0.2, 0) is 12.8 Å². The number of hydrogen-bond donors (Lipinski definition) is 1. The zero-order valence-electron chi connectivity index (χ0n) is 14.3. The average molecular weight is 340 g/mol. The monoisotopic (exact) mass is 339 g/mol. The zero-order valence-corrected chi connectivity index (χ0v) is 15.1. The quantitative estimate of drug-likeness (QED) is 0.786. The summed E-state index contributed by atoms with van der Waals surface area (Å²) in [6.45, 7) is 6.67. The number of fused-ring (bicyclic) bond motifs is 1. The van der Waals surface area contributed by atoms with Crippen LogP contribution in [0.25, 0.3) is 5.70 Å². The second kappa shape index (κ2) is 6.67. The van der Waals surface area contributed by atoms with E-state index >= 15 is 0 Å². The highest BCUT2D eigenvalue weighted by Gasteiger charge is 2.36. The lowest BCUT2D eigenvalue weighted by atomic mass is 9.91. The molecule has 24 heavy (non-hydrogen) atoms. The first-order valence-electron chi connectivity index (χ1n) is 8.98. The first kappa shape index (κ1) is 15.8. The molecule has 4 rings (SSSR count). The Bertz CT molecular complexity index is 715. The molecular weight excluding hydrogens is 314 g/mol. The molecule has 1 aromatic carbocycles. The normalized spacial score (nSPS) is 19.8. The van der Waals surface area contributed by atoms with Gasteiger partial charge in [0.15, 0.2) is 0 Å². The molecule has 2 aliphatic carbocycles. The number of nitrogens with zero attached hydrogens (tertiary/aromatic N) is 2. The van der Waals surface area contributed by atoms with Crippen LogP contribution in [0.5, 0.6) is 0 Å². The summed E-state index contributed by atoms with van der Waals surface area (Å²) < 4.78 is 0. The van der Waals surface area contributed by atoms with Crippen LogP contribution in [-0.4, -0.2) is 32.9 Å². The third kappa shape index (κ3) is 3.12. The van der Waals surface area contributed by atoms with Crippen molar-refractivity contribution in [3.8, 4) is 0 Å². The number of H-pyrrole nitrogens is 1. The maximum atomic E-state index is 4.48. The van der Waals surface area contributed by atoms with Crippen LogP contribution in [0.4, 0.5) is 0 Å². The van der Waals surface area contributed by atoms with E-state index in [1.54, 1.807) is 0 Å². The molecule has 0 spiro atoms. The van der Waals surface area contributed by atoms with E-state index in [1.807, 2.05) is 18.0 Å². The smallest absolute Gasteiger partial charge is 0.0522 e. The maximum Gasteiger partial charge on any atom is 0.0522 e. The zero-order chi connectivity index (χ0) is 16.5. The molecule has 0 amide bonds. The Kier molecular flexibility index (Phi) is 4.40. The minimum absolute atomic E-state index is 0.555. The van der Waals surface area contributed by atoms with Crippen molar-refractivity contribution in [3.63, 3.8) is 0 Å². The van der Waals surface area contributed by atoms with E-state index in [4.69, 9.17) is 0 Å². The van der Waals surface area contributed by atoms with Gasteiger partial charge in [0.05, 0.1) is 6.20 Å². The van der Waals surface area contributed by atoms with Gasteiger partial charge in [-0.3, -0.25) is 5.10 Å². The Hall–Kier alpha value is -1.68. The van der Waals surface area contributed by atoms with Gasteiger partial charge in [-0.1, -0.05) is 25.6 Å². The Morgan fingerprint density at radius 3 is 2.75 bits per heavy atom. The lowest BCUT2D eigenvalue weighted by Gasteiger charge is -2.37. The van der Waals surface area contributed by atoms with Gasteiger partial charge in [0.25, 0.3) is 0 Å². The number of hydrogen-bond acceptors (Lipinski definition) is 3. The SMILES string of the molecule is C=C(c1ccc(SCC)cc1)N(C1CC1)C1CCc2[nH]ncc2C1. The van der Waals surface area contributed by atoms with E-state index in [0.717, 1.165) is 18.6 Å². The van der Waals surface area contributed by atoms with Crippen molar-refractivity contribution in [1.82, 2.24) is 15.1 Å². The molecule has 1 atom stereocenters. The van der Waals surface area contributed by atoms with Crippen molar-refractivity contribution in [2.45, 2.75) is 56.0 Å². The van der Waals surface area contributed by atoms with Crippen molar-refractivity contribution in [2.24, 2.45) is 0 Å². The summed E-state index contributed by atoms with van der Waals surface area (Å²) in [5.74, 6) is 1.11. The van der Waals surface area contributed by atoms with Gasteiger partial charge in [0, 0.05) is 28.4 Å². The van der Waals surface area contributed by atoms with E-state index in [-0.39, 0.29) is 0 Å². The number of aromatic nitrogens is 2. The van der Waals surface area contributed by atoms with Gasteiger partial charge in [-0.15, -0.1) is 11.8 Å². The lowest BCUT2D eigenvalue weighted by molar-refractivity contribution is 0.259. The summed E-state index contributed by atoms with van der Waals surface area (Å²) in [6, 6.07) is 10.2. The van der Waals surface area contributed by atoms with Gasteiger partial charge in [0.2, 0.25) is 0 Å². The molecule has 0 saturated heterocycles. The second-order valence-electron chi connectivity index (χ2n) is 6.81. The summed E-state index contributed by atoms with van der Waals surface area (Å²) in [4.78, 5) is 3.95. The van der Waals surface area contributed by atoms with Crippen molar-refractivity contribution in [1.29, 1.82) is 0 Å². The van der Waals surface area contributed by atoms with Crippen molar-refractivity contribution in [3.05, 3.63) is 53.9 Å².